The molecule has 0 amide bonds. The summed E-state index contributed by atoms with van der Waals surface area (Å²) in [7, 11) is 0. The van der Waals surface area contributed by atoms with Gasteiger partial charge in [0.1, 0.15) is 12.2 Å². The number of carbonyl (C=O) groups is 1. The van der Waals surface area contributed by atoms with Gasteiger partial charge in [0, 0.05) is 0 Å². The van der Waals surface area contributed by atoms with Crippen molar-refractivity contribution in [1.29, 1.82) is 0 Å². The van der Waals surface area contributed by atoms with Crippen molar-refractivity contribution in [2.45, 2.75) is 13.5 Å². The molecule has 2 rings (SSSR count). The van der Waals surface area contributed by atoms with E-state index in [0.717, 1.165) is 11.1 Å². The number of benzene rings is 2. The van der Waals surface area contributed by atoms with E-state index < -0.39 is 5.97 Å². The molecule has 0 spiro atoms. The molecular formula is C15H13ClO3. The van der Waals surface area contributed by atoms with Gasteiger partial charge in [-0.3, -0.25) is 0 Å². The van der Waals surface area contributed by atoms with Crippen molar-refractivity contribution < 1.29 is 14.6 Å². The molecule has 0 aliphatic rings. The van der Waals surface area contributed by atoms with Crippen molar-refractivity contribution in [3.8, 4) is 5.75 Å². The predicted octanol–water partition coefficient (Wildman–Crippen LogP) is 3.93. The van der Waals surface area contributed by atoms with Gasteiger partial charge >= 0.3 is 5.97 Å². The first kappa shape index (κ1) is 13.4. The summed E-state index contributed by atoms with van der Waals surface area (Å²) < 4.78 is 5.54. The molecule has 98 valence electrons. The summed E-state index contributed by atoms with van der Waals surface area (Å²) in [5.41, 5.74) is 2.19. The van der Waals surface area contributed by atoms with Crippen LogP contribution in [0.4, 0.5) is 0 Å². The molecule has 0 fully saturated rings. The van der Waals surface area contributed by atoms with Crippen LogP contribution in [0.15, 0.2) is 42.5 Å². The van der Waals surface area contributed by atoms with Crippen molar-refractivity contribution in [3.05, 3.63) is 64.2 Å². The summed E-state index contributed by atoms with van der Waals surface area (Å²) in [6, 6.07) is 12.5. The number of ether oxygens (including phenoxy) is 1. The van der Waals surface area contributed by atoms with Gasteiger partial charge in [-0.05, 0) is 24.6 Å². The molecule has 2 aromatic carbocycles. The van der Waals surface area contributed by atoms with Gasteiger partial charge < -0.3 is 9.84 Å². The quantitative estimate of drug-likeness (QED) is 0.920. The third-order valence-electron chi connectivity index (χ3n) is 2.70. The maximum absolute atomic E-state index is 11.1. The minimum absolute atomic E-state index is 0.0691. The zero-order valence-corrected chi connectivity index (χ0v) is 11.1. The van der Waals surface area contributed by atoms with Crippen LogP contribution in [0, 0.1) is 6.92 Å². The Balaban J connectivity index is 2.19. The number of halogens is 1. The zero-order chi connectivity index (χ0) is 13.8. The highest BCUT2D eigenvalue weighted by Gasteiger charge is 2.14. The largest absolute Gasteiger partial charge is 0.486 e. The van der Waals surface area contributed by atoms with Gasteiger partial charge in [0.05, 0.1) is 5.02 Å². The highest BCUT2D eigenvalue weighted by atomic mass is 35.5. The normalized spacial score (nSPS) is 10.2. The Kier molecular flexibility index (Phi) is 4.07. The fraction of sp³-hybridized carbons (Fsp3) is 0.133. The molecule has 0 aliphatic carbocycles. The monoisotopic (exact) mass is 276 g/mol. The summed E-state index contributed by atoms with van der Waals surface area (Å²) in [6.07, 6.45) is 0. The lowest BCUT2D eigenvalue weighted by atomic mass is 10.1. The summed E-state index contributed by atoms with van der Waals surface area (Å²) in [6.45, 7) is 2.28. The minimum atomic E-state index is -1.05. The minimum Gasteiger partial charge on any atom is -0.486 e. The van der Waals surface area contributed by atoms with Gasteiger partial charge in [-0.1, -0.05) is 47.5 Å². The SMILES string of the molecule is Cc1ccc(COc2c(Cl)cccc2C(=O)O)cc1. The van der Waals surface area contributed by atoms with Crippen LogP contribution in [0.2, 0.25) is 5.02 Å². The van der Waals surface area contributed by atoms with Gasteiger partial charge in [0.25, 0.3) is 0 Å². The van der Waals surface area contributed by atoms with Gasteiger partial charge in [-0.25, -0.2) is 4.79 Å². The third kappa shape index (κ3) is 3.26. The molecule has 0 heterocycles. The Morgan fingerprint density at radius 3 is 2.53 bits per heavy atom. The van der Waals surface area contributed by atoms with Crippen LogP contribution >= 0.6 is 11.6 Å². The van der Waals surface area contributed by atoms with E-state index in [1.54, 1.807) is 12.1 Å². The van der Waals surface area contributed by atoms with Crippen LogP contribution in [-0.4, -0.2) is 11.1 Å². The van der Waals surface area contributed by atoms with E-state index in [4.69, 9.17) is 21.4 Å². The molecule has 3 nitrogen and oxygen atoms in total. The molecule has 0 aromatic heterocycles. The molecule has 0 atom stereocenters. The zero-order valence-electron chi connectivity index (χ0n) is 10.4. The van der Waals surface area contributed by atoms with Crippen LogP contribution in [0.1, 0.15) is 21.5 Å². The number of hydrogen-bond acceptors (Lipinski definition) is 2. The average Bonchev–Trinajstić information content (AvgIpc) is 2.39. The predicted molar refractivity (Wildman–Crippen MR) is 73.9 cm³/mol. The highest BCUT2D eigenvalue weighted by molar-refractivity contribution is 6.32. The van der Waals surface area contributed by atoms with E-state index in [2.05, 4.69) is 0 Å². The number of rotatable bonds is 4. The summed E-state index contributed by atoms with van der Waals surface area (Å²) >= 11 is 5.98. The van der Waals surface area contributed by atoms with Gasteiger partial charge in [0.2, 0.25) is 0 Å². The van der Waals surface area contributed by atoms with Gasteiger partial charge in [-0.2, -0.15) is 0 Å². The number of hydrogen-bond donors (Lipinski definition) is 1. The van der Waals surface area contributed by atoms with Crippen LogP contribution < -0.4 is 4.74 Å². The van der Waals surface area contributed by atoms with Crippen molar-refractivity contribution in [3.63, 3.8) is 0 Å². The first-order valence-electron chi connectivity index (χ1n) is 5.78. The highest BCUT2D eigenvalue weighted by Crippen LogP contribution is 2.29. The second kappa shape index (κ2) is 5.76. The fourth-order valence-electron chi connectivity index (χ4n) is 1.66. The molecule has 0 saturated carbocycles. The second-order valence-corrected chi connectivity index (χ2v) is 4.60. The maximum atomic E-state index is 11.1. The van der Waals surface area contributed by atoms with Crippen LogP contribution in [-0.2, 0) is 6.61 Å². The van der Waals surface area contributed by atoms with E-state index in [1.807, 2.05) is 31.2 Å². The Morgan fingerprint density at radius 1 is 1.21 bits per heavy atom. The number of aryl methyl sites for hydroxylation is 1. The van der Waals surface area contributed by atoms with Crippen molar-refractivity contribution in [2.24, 2.45) is 0 Å². The van der Waals surface area contributed by atoms with Gasteiger partial charge in [-0.15, -0.1) is 0 Å². The van der Waals surface area contributed by atoms with Crippen LogP contribution in [0.3, 0.4) is 0 Å². The van der Waals surface area contributed by atoms with Crippen molar-refractivity contribution >= 4 is 17.6 Å². The number of carboxylic acid groups (broad SMARTS) is 1. The van der Waals surface area contributed by atoms with Crippen molar-refractivity contribution in [1.82, 2.24) is 0 Å². The Hall–Kier alpha value is -2.00. The molecule has 0 bridgehead atoms. The lowest BCUT2D eigenvalue weighted by Crippen LogP contribution is -2.04. The first-order valence-corrected chi connectivity index (χ1v) is 6.16. The lowest BCUT2D eigenvalue weighted by Gasteiger charge is -2.11. The average molecular weight is 277 g/mol. The maximum Gasteiger partial charge on any atom is 0.339 e. The molecule has 0 aliphatic heterocycles. The van der Waals surface area contributed by atoms with Crippen LogP contribution in [0.25, 0.3) is 0 Å². The van der Waals surface area contributed by atoms with E-state index in [9.17, 15) is 4.79 Å². The van der Waals surface area contributed by atoms with E-state index in [1.165, 1.54) is 6.07 Å². The fourth-order valence-corrected chi connectivity index (χ4v) is 1.89. The molecule has 19 heavy (non-hydrogen) atoms. The summed E-state index contributed by atoms with van der Waals surface area (Å²) in [5.74, 6) is -0.848. The number of para-hydroxylation sites is 1. The summed E-state index contributed by atoms with van der Waals surface area (Å²) in [4.78, 5) is 11.1. The first-order chi connectivity index (χ1) is 9.08. The number of aromatic carboxylic acids is 1. The Labute approximate surface area is 116 Å². The second-order valence-electron chi connectivity index (χ2n) is 4.20. The molecule has 4 heteroatoms. The standard InChI is InChI=1S/C15H13ClO3/c1-10-5-7-11(8-6-10)9-19-14-12(15(17)18)3-2-4-13(14)16/h2-8H,9H2,1H3,(H,17,18). The van der Waals surface area contributed by atoms with Gasteiger partial charge in [0.15, 0.2) is 5.75 Å². The summed E-state index contributed by atoms with van der Waals surface area (Å²) in [5, 5.41) is 9.38. The molecule has 1 N–H and O–H groups in total. The number of carboxylic acids is 1. The molecule has 0 saturated heterocycles. The molecule has 2 aromatic rings. The Bertz CT molecular complexity index is 591. The Morgan fingerprint density at radius 2 is 1.89 bits per heavy atom. The topological polar surface area (TPSA) is 46.5 Å². The smallest absolute Gasteiger partial charge is 0.339 e. The third-order valence-corrected chi connectivity index (χ3v) is 3.00. The molecular weight excluding hydrogens is 264 g/mol. The van der Waals surface area contributed by atoms with E-state index in [0.29, 0.717) is 5.02 Å². The van der Waals surface area contributed by atoms with E-state index in [-0.39, 0.29) is 17.9 Å². The lowest BCUT2D eigenvalue weighted by molar-refractivity contribution is 0.0692. The van der Waals surface area contributed by atoms with Crippen LogP contribution in [0.5, 0.6) is 5.75 Å². The molecule has 0 unspecified atom stereocenters. The van der Waals surface area contributed by atoms with E-state index >= 15 is 0 Å². The van der Waals surface area contributed by atoms with Crippen molar-refractivity contribution in [2.75, 3.05) is 0 Å². The molecule has 0 radical (unpaired) electrons.